The number of anilines is 1. The van der Waals surface area contributed by atoms with Crippen molar-refractivity contribution in [3.63, 3.8) is 0 Å². The van der Waals surface area contributed by atoms with Gasteiger partial charge in [-0.05, 0) is 35.6 Å². The molecule has 3 aromatic carbocycles. The van der Waals surface area contributed by atoms with Gasteiger partial charge in [-0.15, -0.1) is 11.8 Å². The van der Waals surface area contributed by atoms with E-state index in [1.807, 2.05) is 78.6 Å². The number of carbonyl (C=O) groups excluding carboxylic acids is 2. The first-order chi connectivity index (χ1) is 15.1. The molecule has 2 amide bonds. The number of benzene rings is 3. The number of amides is 2. The van der Waals surface area contributed by atoms with Crippen molar-refractivity contribution in [2.45, 2.75) is 24.8 Å². The molecule has 4 rings (SSSR count). The van der Waals surface area contributed by atoms with Crippen molar-refractivity contribution in [1.82, 2.24) is 4.90 Å². The Labute approximate surface area is 190 Å². The molecular weight excluding hydrogens is 432 g/mol. The highest BCUT2D eigenvalue weighted by Gasteiger charge is 2.37. The van der Waals surface area contributed by atoms with E-state index in [1.54, 1.807) is 11.8 Å². The summed E-state index contributed by atoms with van der Waals surface area (Å²) in [5, 5.41) is 5.36. The Morgan fingerprint density at radius 3 is 2.68 bits per heavy atom. The molecule has 31 heavy (non-hydrogen) atoms. The van der Waals surface area contributed by atoms with Gasteiger partial charge in [-0.2, -0.15) is 0 Å². The van der Waals surface area contributed by atoms with Crippen LogP contribution in [-0.4, -0.2) is 35.3 Å². The van der Waals surface area contributed by atoms with E-state index in [1.165, 1.54) is 0 Å². The summed E-state index contributed by atoms with van der Waals surface area (Å²) in [6.45, 7) is 2.12. The number of hydrogen-bond donors (Lipinski definition) is 1. The van der Waals surface area contributed by atoms with Gasteiger partial charge in [0.05, 0.1) is 17.5 Å². The molecule has 7 heteroatoms. The van der Waals surface area contributed by atoms with Crippen LogP contribution in [0.4, 0.5) is 10.5 Å². The van der Waals surface area contributed by atoms with Crippen LogP contribution < -0.4 is 5.32 Å². The van der Waals surface area contributed by atoms with E-state index >= 15 is 0 Å². The van der Waals surface area contributed by atoms with Crippen molar-refractivity contribution in [3.05, 3.63) is 77.3 Å². The lowest BCUT2D eigenvalue weighted by atomic mass is 10.1. The number of hydrogen-bond acceptors (Lipinski definition) is 4. The molecule has 0 saturated carbocycles. The third-order valence-electron chi connectivity index (χ3n) is 5.36. The van der Waals surface area contributed by atoms with Crippen LogP contribution in [0.3, 0.4) is 0 Å². The van der Waals surface area contributed by atoms with Crippen LogP contribution in [0, 0.1) is 0 Å². The third kappa shape index (κ3) is 4.81. The molecule has 0 bridgehead atoms. The van der Waals surface area contributed by atoms with Crippen molar-refractivity contribution in [2.24, 2.45) is 0 Å². The molecule has 0 unspecified atom stereocenters. The van der Waals surface area contributed by atoms with Gasteiger partial charge in [0.25, 0.3) is 0 Å². The van der Waals surface area contributed by atoms with E-state index in [2.05, 4.69) is 5.32 Å². The Balaban J connectivity index is 1.44. The van der Waals surface area contributed by atoms with Crippen LogP contribution in [0.15, 0.2) is 66.7 Å². The fourth-order valence-electron chi connectivity index (χ4n) is 3.76. The topological polar surface area (TPSA) is 58.6 Å². The number of fused-ring (bicyclic) bond motifs is 1. The van der Waals surface area contributed by atoms with Crippen LogP contribution in [0.1, 0.15) is 24.3 Å². The average Bonchev–Trinajstić information content (AvgIpc) is 3.16. The normalized spacial score (nSPS) is 17.0. The first-order valence-electron chi connectivity index (χ1n) is 10.2. The van der Waals surface area contributed by atoms with Gasteiger partial charge in [0.15, 0.2) is 0 Å². The summed E-state index contributed by atoms with van der Waals surface area (Å²) in [5.74, 6) is 0.460. The summed E-state index contributed by atoms with van der Waals surface area (Å²) in [6.07, 6.45) is 0.148. The maximum absolute atomic E-state index is 12.6. The molecule has 1 heterocycles. The van der Waals surface area contributed by atoms with Crippen molar-refractivity contribution in [3.8, 4) is 0 Å². The van der Waals surface area contributed by atoms with Crippen LogP contribution in [0.25, 0.3) is 10.8 Å². The van der Waals surface area contributed by atoms with Crippen molar-refractivity contribution in [1.29, 1.82) is 0 Å². The molecular formula is C24H23ClN2O3S. The number of nitrogens with one attached hydrogen (secondary N) is 1. The number of carbonyl (C=O) groups is 2. The van der Waals surface area contributed by atoms with E-state index in [9.17, 15) is 9.59 Å². The van der Waals surface area contributed by atoms with Crippen LogP contribution >= 0.6 is 23.4 Å². The summed E-state index contributed by atoms with van der Waals surface area (Å²) in [5.41, 5.74) is 1.71. The van der Waals surface area contributed by atoms with Gasteiger partial charge in [0.2, 0.25) is 5.91 Å². The van der Waals surface area contributed by atoms with Gasteiger partial charge in [0.1, 0.15) is 12.0 Å². The maximum Gasteiger partial charge on any atom is 0.411 e. The predicted molar refractivity (Wildman–Crippen MR) is 126 cm³/mol. The van der Waals surface area contributed by atoms with Gasteiger partial charge in [0, 0.05) is 10.4 Å². The van der Waals surface area contributed by atoms with Gasteiger partial charge >= 0.3 is 6.09 Å². The molecule has 2 atom stereocenters. The first kappa shape index (κ1) is 21.5. The third-order valence-corrected chi connectivity index (χ3v) is 6.84. The van der Waals surface area contributed by atoms with Gasteiger partial charge in [-0.1, -0.05) is 67.1 Å². The molecule has 0 aromatic heterocycles. The van der Waals surface area contributed by atoms with E-state index in [0.29, 0.717) is 22.9 Å². The Bertz CT molecular complexity index is 1080. The van der Waals surface area contributed by atoms with E-state index in [0.717, 1.165) is 16.3 Å². The number of halogens is 1. The van der Waals surface area contributed by atoms with Crippen LogP contribution in [0.5, 0.6) is 0 Å². The van der Waals surface area contributed by atoms with E-state index < -0.39 is 6.09 Å². The number of ether oxygens (including phenoxy) is 1. The molecule has 1 aliphatic rings. The second-order valence-corrected chi connectivity index (χ2v) is 8.83. The minimum absolute atomic E-state index is 0.0508. The standard InChI is InChI=1S/C24H23ClN2O3S/c1-2-19(27-22(28)15-31-23(27)17-10-12-18(25)13-11-17)14-30-24(29)26-21-9-5-7-16-6-3-4-8-20(16)21/h3-13,19,23H,2,14-15H2,1H3,(H,26,29)/t19-,23-/m1/s1. The summed E-state index contributed by atoms with van der Waals surface area (Å²) >= 11 is 7.59. The fourth-order valence-corrected chi connectivity index (χ4v) is 5.14. The maximum atomic E-state index is 12.6. The van der Waals surface area contributed by atoms with Crippen molar-refractivity contribution in [2.75, 3.05) is 17.7 Å². The zero-order valence-electron chi connectivity index (χ0n) is 17.1. The lowest BCUT2D eigenvalue weighted by Crippen LogP contribution is -2.41. The Morgan fingerprint density at radius 2 is 1.90 bits per heavy atom. The first-order valence-corrected chi connectivity index (χ1v) is 11.6. The van der Waals surface area contributed by atoms with Crippen molar-refractivity contribution < 1.29 is 14.3 Å². The average molecular weight is 455 g/mol. The highest BCUT2D eigenvalue weighted by atomic mass is 35.5. The molecule has 0 radical (unpaired) electrons. The lowest BCUT2D eigenvalue weighted by Gasteiger charge is -2.32. The largest absolute Gasteiger partial charge is 0.447 e. The van der Waals surface area contributed by atoms with E-state index in [4.69, 9.17) is 16.3 Å². The van der Waals surface area contributed by atoms with Crippen LogP contribution in [-0.2, 0) is 9.53 Å². The van der Waals surface area contributed by atoms with Crippen LogP contribution in [0.2, 0.25) is 5.02 Å². The predicted octanol–water partition coefficient (Wildman–Crippen LogP) is 6.09. The van der Waals surface area contributed by atoms with Gasteiger partial charge in [-0.3, -0.25) is 10.1 Å². The molecule has 1 fully saturated rings. The molecule has 1 saturated heterocycles. The Hall–Kier alpha value is -2.70. The number of nitrogens with zero attached hydrogens (tertiary/aromatic N) is 1. The van der Waals surface area contributed by atoms with Gasteiger partial charge < -0.3 is 9.64 Å². The van der Waals surface area contributed by atoms with E-state index in [-0.39, 0.29) is 23.9 Å². The zero-order valence-corrected chi connectivity index (χ0v) is 18.7. The SMILES string of the molecule is CC[C@H](COC(=O)Nc1cccc2ccccc12)N1C(=O)CS[C@@H]1c1ccc(Cl)cc1. The molecule has 1 aliphatic heterocycles. The summed E-state index contributed by atoms with van der Waals surface area (Å²) < 4.78 is 5.54. The second kappa shape index (κ2) is 9.62. The molecule has 0 spiro atoms. The number of rotatable bonds is 6. The smallest absolute Gasteiger partial charge is 0.411 e. The number of thioether (sulfide) groups is 1. The molecule has 3 aromatic rings. The summed E-state index contributed by atoms with van der Waals surface area (Å²) in [6, 6.07) is 20.9. The van der Waals surface area contributed by atoms with Gasteiger partial charge in [-0.25, -0.2) is 4.79 Å². The monoisotopic (exact) mass is 454 g/mol. The highest BCUT2D eigenvalue weighted by Crippen LogP contribution is 2.40. The molecule has 5 nitrogen and oxygen atoms in total. The second-order valence-electron chi connectivity index (χ2n) is 7.33. The highest BCUT2D eigenvalue weighted by molar-refractivity contribution is 8.00. The molecule has 1 N–H and O–H groups in total. The quantitative estimate of drug-likeness (QED) is 0.489. The minimum Gasteiger partial charge on any atom is -0.447 e. The Kier molecular flexibility index (Phi) is 6.68. The molecule has 0 aliphatic carbocycles. The lowest BCUT2D eigenvalue weighted by molar-refractivity contribution is -0.131. The Morgan fingerprint density at radius 1 is 1.16 bits per heavy atom. The molecule has 160 valence electrons. The summed E-state index contributed by atoms with van der Waals surface area (Å²) in [4.78, 5) is 27.0. The summed E-state index contributed by atoms with van der Waals surface area (Å²) in [7, 11) is 0. The minimum atomic E-state index is -0.530. The zero-order chi connectivity index (χ0) is 21.8. The fraction of sp³-hybridized carbons (Fsp3) is 0.250. The van der Waals surface area contributed by atoms with Crippen molar-refractivity contribution >= 4 is 51.8 Å².